The first-order valence-electron chi connectivity index (χ1n) is 6.29. The molecule has 1 amide bonds. The van der Waals surface area contributed by atoms with E-state index in [1.54, 1.807) is 24.3 Å². The maximum atomic E-state index is 11.9. The molecule has 0 fully saturated rings. The summed E-state index contributed by atoms with van der Waals surface area (Å²) in [6.45, 7) is 0. The fourth-order valence-corrected chi connectivity index (χ4v) is 2.02. The third-order valence-electron chi connectivity index (χ3n) is 2.80. The number of carbonyl (C=O) groups is 2. The number of rotatable bonds is 5. The molecule has 20 heavy (non-hydrogen) atoms. The molecule has 0 aromatic heterocycles. The van der Waals surface area contributed by atoms with E-state index in [1.807, 2.05) is 30.3 Å². The Balaban J connectivity index is 1.83. The second-order valence-corrected chi connectivity index (χ2v) is 5.26. The topological polar surface area (TPSA) is 46.2 Å². The summed E-state index contributed by atoms with van der Waals surface area (Å²) >= 11 is 3.33. The van der Waals surface area contributed by atoms with Gasteiger partial charge in [-0.05, 0) is 24.3 Å². The first kappa shape index (κ1) is 14.5. The lowest BCUT2D eigenvalue weighted by Gasteiger charge is -2.05. The van der Waals surface area contributed by atoms with Crippen molar-refractivity contribution in [3.63, 3.8) is 0 Å². The molecule has 3 nitrogen and oxygen atoms in total. The molecule has 0 radical (unpaired) electrons. The van der Waals surface area contributed by atoms with Crippen molar-refractivity contribution in [1.29, 1.82) is 0 Å². The second kappa shape index (κ2) is 7.01. The van der Waals surface area contributed by atoms with Crippen LogP contribution in [-0.2, 0) is 4.79 Å². The van der Waals surface area contributed by atoms with Gasteiger partial charge >= 0.3 is 0 Å². The Morgan fingerprint density at radius 2 is 1.55 bits per heavy atom. The van der Waals surface area contributed by atoms with Crippen molar-refractivity contribution < 1.29 is 9.59 Å². The highest BCUT2D eigenvalue weighted by atomic mass is 79.9. The zero-order valence-electron chi connectivity index (χ0n) is 10.8. The van der Waals surface area contributed by atoms with Crippen molar-refractivity contribution in [2.45, 2.75) is 12.8 Å². The molecule has 0 bridgehead atoms. The summed E-state index contributed by atoms with van der Waals surface area (Å²) in [6, 6.07) is 16.3. The predicted octanol–water partition coefficient (Wildman–Crippen LogP) is 4.05. The van der Waals surface area contributed by atoms with E-state index in [9.17, 15) is 9.59 Å². The van der Waals surface area contributed by atoms with Gasteiger partial charge in [-0.2, -0.15) is 0 Å². The van der Waals surface area contributed by atoms with Crippen molar-refractivity contribution in [2.75, 3.05) is 5.32 Å². The zero-order valence-corrected chi connectivity index (χ0v) is 12.4. The maximum Gasteiger partial charge on any atom is 0.224 e. The second-order valence-electron chi connectivity index (χ2n) is 4.34. The van der Waals surface area contributed by atoms with E-state index in [4.69, 9.17) is 0 Å². The maximum absolute atomic E-state index is 11.9. The van der Waals surface area contributed by atoms with Gasteiger partial charge in [0.2, 0.25) is 5.91 Å². The van der Waals surface area contributed by atoms with E-state index in [2.05, 4.69) is 21.2 Å². The van der Waals surface area contributed by atoms with E-state index in [0.717, 1.165) is 10.2 Å². The summed E-state index contributed by atoms with van der Waals surface area (Å²) in [5, 5.41) is 2.76. The van der Waals surface area contributed by atoms with Crippen LogP contribution in [0.1, 0.15) is 23.2 Å². The van der Waals surface area contributed by atoms with Gasteiger partial charge in [-0.1, -0.05) is 46.3 Å². The molecule has 0 spiro atoms. The summed E-state index contributed by atoms with van der Waals surface area (Å²) in [5.74, 6) is -0.173. The number of Topliss-reactive ketones (excluding diaryl/α,β-unsaturated/α-hetero) is 1. The van der Waals surface area contributed by atoms with Crippen LogP contribution < -0.4 is 5.32 Å². The molecule has 0 saturated carbocycles. The highest BCUT2D eigenvalue weighted by molar-refractivity contribution is 9.10. The summed E-state index contributed by atoms with van der Waals surface area (Å²) in [5.41, 5.74) is 1.37. The Morgan fingerprint density at radius 3 is 2.20 bits per heavy atom. The molecule has 102 valence electrons. The number of anilines is 1. The van der Waals surface area contributed by atoms with Crippen LogP contribution in [-0.4, -0.2) is 11.7 Å². The molecule has 2 rings (SSSR count). The number of ketones is 1. The van der Waals surface area contributed by atoms with E-state index in [-0.39, 0.29) is 24.5 Å². The van der Waals surface area contributed by atoms with Crippen molar-refractivity contribution in [1.82, 2.24) is 0 Å². The number of hydrogen-bond acceptors (Lipinski definition) is 2. The van der Waals surface area contributed by atoms with Gasteiger partial charge in [0, 0.05) is 28.6 Å². The lowest BCUT2D eigenvalue weighted by Crippen LogP contribution is -2.13. The molecule has 2 aromatic carbocycles. The summed E-state index contributed by atoms with van der Waals surface area (Å²) < 4.78 is 0.953. The van der Waals surface area contributed by atoms with Gasteiger partial charge in [-0.25, -0.2) is 0 Å². The summed E-state index contributed by atoms with van der Waals surface area (Å²) in [6.07, 6.45) is 0.399. The van der Waals surface area contributed by atoms with Gasteiger partial charge < -0.3 is 5.32 Å². The van der Waals surface area contributed by atoms with Gasteiger partial charge in [0.15, 0.2) is 5.78 Å². The minimum absolute atomic E-state index is 0.0171. The minimum Gasteiger partial charge on any atom is -0.326 e. The number of hydrogen-bond donors (Lipinski definition) is 1. The highest BCUT2D eigenvalue weighted by Gasteiger charge is 2.09. The number of halogens is 1. The van der Waals surface area contributed by atoms with Crippen molar-refractivity contribution >= 4 is 33.3 Å². The average molecular weight is 332 g/mol. The fraction of sp³-hybridized carbons (Fsp3) is 0.125. The van der Waals surface area contributed by atoms with E-state index >= 15 is 0 Å². The molecule has 4 heteroatoms. The van der Waals surface area contributed by atoms with Crippen LogP contribution in [0.15, 0.2) is 59.1 Å². The number of benzene rings is 2. The lowest BCUT2D eigenvalue weighted by molar-refractivity contribution is -0.116. The normalized spacial score (nSPS) is 10.1. The average Bonchev–Trinajstić information content (AvgIpc) is 2.48. The first-order chi connectivity index (χ1) is 9.65. The monoisotopic (exact) mass is 331 g/mol. The fourth-order valence-electron chi connectivity index (χ4n) is 1.75. The standard InChI is InChI=1S/C16H14BrNO2/c17-13-6-8-14(9-7-13)18-16(20)11-10-15(19)12-4-2-1-3-5-12/h1-9H,10-11H2,(H,18,20). The summed E-state index contributed by atoms with van der Waals surface area (Å²) in [4.78, 5) is 23.6. The Labute approximate surface area is 126 Å². The van der Waals surface area contributed by atoms with Gasteiger partial charge in [0.1, 0.15) is 0 Å². The van der Waals surface area contributed by atoms with Crippen LogP contribution >= 0.6 is 15.9 Å². The Hall–Kier alpha value is -1.94. The van der Waals surface area contributed by atoms with Gasteiger partial charge in [-0.15, -0.1) is 0 Å². The highest BCUT2D eigenvalue weighted by Crippen LogP contribution is 2.14. The van der Waals surface area contributed by atoms with E-state index in [1.165, 1.54) is 0 Å². The molecule has 0 heterocycles. The predicted molar refractivity (Wildman–Crippen MR) is 82.8 cm³/mol. The van der Waals surface area contributed by atoms with Crippen LogP contribution in [0.2, 0.25) is 0 Å². The Kier molecular flexibility index (Phi) is 5.07. The largest absolute Gasteiger partial charge is 0.326 e. The van der Waals surface area contributed by atoms with E-state index in [0.29, 0.717) is 5.56 Å². The third kappa shape index (κ3) is 4.31. The molecule has 0 aliphatic rings. The van der Waals surface area contributed by atoms with Gasteiger partial charge in [-0.3, -0.25) is 9.59 Å². The molecule has 0 unspecified atom stereocenters. The molecule has 0 saturated heterocycles. The van der Waals surface area contributed by atoms with Crippen molar-refractivity contribution in [3.8, 4) is 0 Å². The summed E-state index contributed by atoms with van der Waals surface area (Å²) in [7, 11) is 0. The Morgan fingerprint density at radius 1 is 0.900 bits per heavy atom. The first-order valence-corrected chi connectivity index (χ1v) is 7.08. The number of carbonyl (C=O) groups excluding carboxylic acids is 2. The van der Waals surface area contributed by atoms with Crippen LogP contribution in [0.5, 0.6) is 0 Å². The Bertz CT molecular complexity index is 594. The molecule has 0 aliphatic heterocycles. The van der Waals surface area contributed by atoms with Crippen molar-refractivity contribution in [2.24, 2.45) is 0 Å². The smallest absolute Gasteiger partial charge is 0.224 e. The molecule has 2 aromatic rings. The van der Waals surface area contributed by atoms with E-state index < -0.39 is 0 Å². The quantitative estimate of drug-likeness (QED) is 0.840. The van der Waals surface area contributed by atoms with Gasteiger partial charge in [0.05, 0.1) is 0 Å². The van der Waals surface area contributed by atoms with Crippen LogP contribution in [0, 0.1) is 0 Å². The van der Waals surface area contributed by atoms with Crippen LogP contribution in [0.25, 0.3) is 0 Å². The molecule has 0 atom stereocenters. The van der Waals surface area contributed by atoms with Gasteiger partial charge in [0.25, 0.3) is 0 Å². The number of nitrogens with one attached hydrogen (secondary N) is 1. The number of amides is 1. The lowest BCUT2D eigenvalue weighted by atomic mass is 10.1. The molecule has 1 N–H and O–H groups in total. The van der Waals surface area contributed by atoms with Crippen LogP contribution in [0.3, 0.4) is 0 Å². The van der Waals surface area contributed by atoms with Crippen molar-refractivity contribution in [3.05, 3.63) is 64.6 Å². The minimum atomic E-state index is -0.156. The van der Waals surface area contributed by atoms with Crippen LogP contribution in [0.4, 0.5) is 5.69 Å². The SMILES string of the molecule is O=C(CCC(=O)c1ccccc1)Nc1ccc(Br)cc1. The molecule has 0 aliphatic carbocycles. The molecular formula is C16H14BrNO2. The zero-order chi connectivity index (χ0) is 14.4. The third-order valence-corrected chi connectivity index (χ3v) is 3.33. The molecular weight excluding hydrogens is 318 g/mol.